The SMILES string of the molecule is Cc1cccc(C(=O)Nc2cccc(-c3ccc(N4CCCCC4)nn3)c2)c1. The first-order valence-corrected chi connectivity index (χ1v) is 9.76. The zero-order valence-electron chi connectivity index (χ0n) is 16.1. The van der Waals surface area contributed by atoms with Gasteiger partial charge in [-0.3, -0.25) is 4.79 Å². The van der Waals surface area contributed by atoms with Gasteiger partial charge in [-0.2, -0.15) is 0 Å². The van der Waals surface area contributed by atoms with Gasteiger partial charge in [-0.05, 0) is 62.6 Å². The van der Waals surface area contributed by atoms with Crippen LogP contribution in [0.3, 0.4) is 0 Å². The van der Waals surface area contributed by atoms with Gasteiger partial charge in [0.05, 0.1) is 5.69 Å². The molecule has 1 fully saturated rings. The highest BCUT2D eigenvalue weighted by Crippen LogP contribution is 2.23. The number of anilines is 2. The molecule has 3 aromatic rings. The van der Waals surface area contributed by atoms with Gasteiger partial charge < -0.3 is 10.2 Å². The zero-order valence-corrected chi connectivity index (χ0v) is 16.1. The largest absolute Gasteiger partial charge is 0.355 e. The first kappa shape index (κ1) is 18.2. The Morgan fingerprint density at radius 3 is 2.50 bits per heavy atom. The Balaban J connectivity index is 1.49. The van der Waals surface area contributed by atoms with E-state index in [1.807, 2.05) is 67.6 Å². The summed E-state index contributed by atoms with van der Waals surface area (Å²) in [6.45, 7) is 4.08. The maximum Gasteiger partial charge on any atom is 0.255 e. The molecule has 1 amide bonds. The Bertz CT molecular complexity index is 962. The van der Waals surface area contributed by atoms with Crippen molar-refractivity contribution >= 4 is 17.4 Å². The molecule has 0 unspecified atom stereocenters. The van der Waals surface area contributed by atoms with Crippen LogP contribution in [-0.2, 0) is 0 Å². The zero-order chi connectivity index (χ0) is 19.3. The van der Waals surface area contributed by atoms with Gasteiger partial charge in [0, 0.05) is 29.9 Å². The lowest BCUT2D eigenvalue weighted by atomic mass is 10.1. The molecular weight excluding hydrogens is 348 g/mol. The van der Waals surface area contributed by atoms with Crippen LogP contribution in [0.25, 0.3) is 11.3 Å². The normalized spacial score (nSPS) is 14.0. The van der Waals surface area contributed by atoms with E-state index in [0.29, 0.717) is 5.56 Å². The summed E-state index contributed by atoms with van der Waals surface area (Å²) in [7, 11) is 0. The van der Waals surface area contributed by atoms with Crippen molar-refractivity contribution in [3.8, 4) is 11.3 Å². The van der Waals surface area contributed by atoms with Crippen molar-refractivity contribution in [3.05, 3.63) is 71.8 Å². The highest BCUT2D eigenvalue weighted by Gasteiger charge is 2.13. The molecule has 0 atom stereocenters. The first-order chi connectivity index (χ1) is 13.7. The van der Waals surface area contributed by atoms with Crippen molar-refractivity contribution < 1.29 is 4.79 Å². The summed E-state index contributed by atoms with van der Waals surface area (Å²) in [6, 6.07) is 19.3. The number of carbonyl (C=O) groups is 1. The molecule has 0 spiro atoms. The van der Waals surface area contributed by atoms with Crippen LogP contribution < -0.4 is 10.2 Å². The number of aryl methyl sites for hydroxylation is 1. The van der Waals surface area contributed by atoms with Crippen molar-refractivity contribution in [2.75, 3.05) is 23.3 Å². The van der Waals surface area contributed by atoms with Gasteiger partial charge in [0.2, 0.25) is 0 Å². The number of hydrogen-bond donors (Lipinski definition) is 1. The first-order valence-electron chi connectivity index (χ1n) is 9.76. The number of piperidine rings is 1. The topological polar surface area (TPSA) is 58.1 Å². The van der Waals surface area contributed by atoms with Crippen LogP contribution in [0, 0.1) is 6.92 Å². The fraction of sp³-hybridized carbons (Fsp3) is 0.261. The highest BCUT2D eigenvalue weighted by molar-refractivity contribution is 6.04. The molecule has 2 heterocycles. The molecule has 5 nitrogen and oxygen atoms in total. The summed E-state index contributed by atoms with van der Waals surface area (Å²) in [5.41, 5.74) is 4.18. The number of nitrogens with one attached hydrogen (secondary N) is 1. The van der Waals surface area contributed by atoms with Crippen molar-refractivity contribution in [2.24, 2.45) is 0 Å². The Kier molecular flexibility index (Phi) is 5.33. The van der Waals surface area contributed by atoms with E-state index in [-0.39, 0.29) is 5.91 Å². The van der Waals surface area contributed by atoms with Gasteiger partial charge >= 0.3 is 0 Å². The Labute approximate surface area is 165 Å². The standard InChI is InChI=1S/C23H24N4O/c1-17-7-5-9-19(15-17)23(28)24-20-10-6-8-18(16-20)21-11-12-22(26-25-21)27-13-3-2-4-14-27/h5-12,15-16H,2-4,13-14H2,1H3,(H,24,28). The minimum atomic E-state index is -0.118. The summed E-state index contributed by atoms with van der Waals surface area (Å²) in [5, 5.41) is 11.8. The predicted molar refractivity (Wildman–Crippen MR) is 113 cm³/mol. The third-order valence-corrected chi connectivity index (χ3v) is 5.03. The van der Waals surface area contributed by atoms with Gasteiger partial charge in [0.15, 0.2) is 5.82 Å². The van der Waals surface area contributed by atoms with Crippen LogP contribution in [0.5, 0.6) is 0 Å². The van der Waals surface area contributed by atoms with Crippen molar-refractivity contribution in [1.29, 1.82) is 0 Å². The Morgan fingerprint density at radius 2 is 1.75 bits per heavy atom. The molecule has 28 heavy (non-hydrogen) atoms. The Morgan fingerprint density at radius 1 is 0.929 bits per heavy atom. The lowest BCUT2D eigenvalue weighted by Crippen LogP contribution is -2.30. The van der Waals surface area contributed by atoms with E-state index in [4.69, 9.17) is 0 Å². The molecule has 4 rings (SSSR count). The van der Waals surface area contributed by atoms with Gasteiger partial charge in [0.25, 0.3) is 5.91 Å². The van der Waals surface area contributed by atoms with Crippen LogP contribution >= 0.6 is 0 Å². The molecule has 1 saturated heterocycles. The molecule has 1 aromatic heterocycles. The molecule has 1 aliphatic heterocycles. The molecular formula is C23H24N4O. The number of carbonyl (C=O) groups excluding carboxylic acids is 1. The number of aromatic nitrogens is 2. The van der Waals surface area contributed by atoms with Gasteiger partial charge in [-0.25, -0.2) is 0 Å². The number of amides is 1. The Hall–Kier alpha value is -3.21. The van der Waals surface area contributed by atoms with Crippen molar-refractivity contribution in [1.82, 2.24) is 10.2 Å². The molecule has 0 radical (unpaired) electrons. The van der Waals surface area contributed by atoms with E-state index >= 15 is 0 Å². The average Bonchev–Trinajstić information content (AvgIpc) is 2.75. The molecule has 1 N–H and O–H groups in total. The quantitative estimate of drug-likeness (QED) is 0.721. The lowest BCUT2D eigenvalue weighted by molar-refractivity contribution is 0.102. The summed E-state index contributed by atoms with van der Waals surface area (Å²) in [5.74, 6) is 0.819. The molecule has 142 valence electrons. The molecule has 0 aliphatic carbocycles. The van der Waals surface area contributed by atoms with Crippen LogP contribution in [-0.4, -0.2) is 29.2 Å². The van der Waals surface area contributed by atoms with E-state index in [2.05, 4.69) is 20.4 Å². The maximum absolute atomic E-state index is 12.5. The minimum absolute atomic E-state index is 0.118. The summed E-state index contributed by atoms with van der Waals surface area (Å²) < 4.78 is 0. The number of rotatable bonds is 4. The smallest absolute Gasteiger partial charge is 0.255 e. The average molecular weight is 372 g/mol. The van der Waals surface area contributed by atoms with Crippen LogP contribution in [0.2, 0.25) is 0 Å². The van der Waals surface area contributed by atoms with Crippen molar-refractivity contribution in [2.45, 2.75) is 26.2 Å². The third-order valence-electron chi connectivity index (χ3n) is 5.03. The molecule has 0 saturated carbocycles. The van der Waals surface area contributed by atoms with Crippen LogP contribution in [0.4, 0.5) is 11.5 Å². The fourth-order valence-electron chi connectivity index (χ4n) is 3.52. The molecule has 1 aliphatic rings. The molecule has 2 aromatic carbocycles. The summed E-state index contributed by atoms with van der Waals surface area (Å²) in [4.78, 5) is 14.8. The van der Waals surface area contributed by atoms with Crippen LogP contribution in [0.1, 0.15) is 35.2 Å². The van der Waals surface area contributed by atoms with Gasteiger partial charge in [-0.15, -0.1) is 10.2 Å². The molecule has 0 bridgehead atoms. The predicted octanol–water partition coefficient (Wildman–Crippen LogP) is 4.69. The van der Waals surface area contributed by atoms with Crippen molar-refractivity contribution in [3.63, 3.8) is 0 Å². The second-order valence-electron chi connectivity index (χ2n) is 7.23. The van der Waals surface area contributed by atoms with Crippen LogP contribution in [0.15, 0.2) is 60.7 Å². The summed E-state index contributed by atoms with van der Waals surface area (Å²) in [6.07, 6.45) is 3.72. The third kappa shape index (κ3) is 4.19. The minimum Gasteiger partial charge on any atom is -0.355 e. The van der Waals surface area contributed by atoms with Gasteiger partial charge in [0.1, 0.15) is 0 Å². The number of hydrogen-bond acceptors (Lipinski definition) is 4. The highest BCUT2D eigenvalue weighted by atomic mass is 16.1. The van der Waals surface area contributed by atoms with E-state index in [9.17, 15) is 4.79 Å². The van der Waals surface area contributed by atoms with Gasteiger partial charge in [-0.1, -0.05) is 29.8 Å². The van der Waals surface area contributed by atoms with E-state index in [1.165, 1.54) is 19.3 Å². The van der Waals surface area contributed by atoms with E-state index < -0.39 is 0 Å². The second-order valence-corrected chi connectivity index (χ2v) is 7.23. The number of benzene rings is 2. The monoisotopic (exact) mass is 372 g/mol. The lowest BCUT2D eigenvalue weighted by Gasteiger charge is -2.27. The maximum atomic E-state index is 12.5. The van der Waals surface area contributed by atoms with E-state index in [1.54, 1.807) is 0 Å². The summed E-state index contributed by atoms with van der Waals surface area (Å²) >= 11 is 0. The number of nitrogens with zero attached hydrogens (tertiary/aromatic N) is 3. The van der Waals surface area contributed by atoms with E-state index in [0.717, 1.165) is 41.4 Å². The second kappa shape index (κ2) is 8.21. The fourth-order valence-corrected chi connectivity index (χ4v) is 3.52. The molecule has 5 heteroatoms.